The first-order valence-corrected chi connectivity index (χ1v) is 10.7. The van der Waals surface area contributed by atoms with E-state index in [1.165, 1.54) is 6.92 Å². The second kappa shape index (κ2) is 24.9. The van der Waals surface area contributed by atoms with Gasteiger partial charge >= 0.3 is 23.8 Å². The average molecular weight is 683 g/mol. The van der Waals surface area contributed by atoms with Crippen molar-refractivity contribution in [3.63, 3.8) is 0 Å². The second-order valence-electron chi connectivity index (χ2n) is 7.07. The van der Waals surface area contributed by atoms with Crippen molar-refractivity contribution in [2.45, 2.75) is 38.8 Å². The third kappa shape index (κ3) is 20.4. The fourth-order valence-electron chi connectivity index (χ4n) is 2.52. The van der Waals surface area contributed by atoms with Crippen LogP contribution < -0.4 is 5.73 Å². The molecule has 0 bridgehead atoms. The van der Waals surface area contributed by atoms with Crippen LogP contribution >= 0.6 is 12.4 Å². The van der Waals surface area contributed by atoms with Gasteiger partial charge in [-0.15, -0.1) is 12.4 Å². The van der Waals surface area contributed by atoms with E-state index in [2.05, 4.69) is 10.5 Å². The molecule has 0 spiro atoms. The van der Waals surface area contributed by atoms with Crippen molar-refractivity contribution >= 4 is 24.3 Å². The monoisotopic (exact) mass is 682 g/mol. The summed E-state index contributed by atoms with van der Waals surface area (Å²) in [6.07, 6.45) is 0. The van der Waals surface area contributed by atoms with Crippen molar-refractivity contribution in [3.05, 3.63) is 71.8 Å². The summed E-state index contributed by atoms with van der Waals surface area (Å²) in [6.45, 7) is 2.19. The number of hydrogen-bond donors (Lipinski definition) is 3. The van der Waals surface area contributed by atoms with Gasteiger partial charge in [-0.05, 0) is 25.0 Å². The number of aliphatic hydroxyl groups is 1. The Labute approximate surface area is 245 Å². The van der Waals surface area contributed by atoms with Crippen LogP contribution in [0, 0.1) is 0 Å². The summed E-state index contributed by atoms with van der Waals surface area (Å²) >= 11 is 0. The van der Waals surface area contributed by atoms with Crippen molar-refractivity contribution in [3.8, 4) is 0 Å². The molecule has 0 unspecified atom stereocenters. The van der Waals surface area contributed by atoms with Crippen LogP contribution in [0.4, 0.5) is 17.6 Å². The number of aliphatic carboxylic acids is 1. The maximum atomic E-state index is 14.1. The number of aliphatic hydroxyl groups excluding tert-OH is 1. The van der Waals surface area contributed by atoms with Gasteiger partial charge in [-0.25, -0.2) is 9.59 Å². The van der Waals surface area contributed by atoms with Crippen molar-refractivity contribution in [1.82, 2.24) is 4.90 Å². The number of hydrogen-bond acceptors (Lipinski definition) is 6. The van der Waals surface area contributed by atoms with Gasteiger partial charge < -0.3 is 31.6 Å². The van der Waals surface area contributed by atoms with Gasteiger partial charge in [0.05, 0.1) is 19.7 Å². The molecule has 0 radical (unpaired) electrons. The minimum Gasteiger partial charge on any atom is -0.477 e. The molecule has 0 aromatic heterocycles. The number of nitrogens with zero attached hydrogens (tertiary/aromatic N) is 1. The van der Waals surface area contributed by atoms with E-state index in [-0.39, 0.29) is 57.0 Å². The Hall–Kier alpha value is -2.15. The van der Waals surface area contributed by atoms with Crippen molar-refractivity contribution < 1.29 is 73.5 Å². The van der Waals surface area contributed by atoms with E-state index >= 15 is 0 Å². The van der Waals surface area contributed by atoms with Crippen LogP contribution in [0.1, 0.15) is 25.0 Å². The molecule has 0 fully saturated rings. The summed E-state index contributed by atoms with van der Waals surface area (Å²) in [7, 11) is 0. The van der Waals surface area contributed by atoms with Gasteiger partial charge in [0.2, 0.25) is 0 Å². The molecule has 2 aromatic rings. The molecule has 0 saturated carbocycles. The van der Waals surface area contributed by atoms with Gasteiger partial charge in [0.25, 0.3) is 0 Å². The van der Waals surface area contributed by atoms with Gasteiger partial charge in [0.1, 0.15) is 0 Å². The number of benzene rings is 2. The van der Waals surface area contributed by atoms with E-state index in [0.29, 0.717) is 13.1 Å². The van der Waals surface area contributed by atoms with Crippen LogP contribution in [0.15, 0.2) is 60.7 Å². The zero-order valence-corrected chi connectivity index (χ0v) is 23.8. The fourth-order valence-corrected chi connectivity index (χ4v) is 2.52. The number of halogens is 5. The van der Waals surface area contributed by atoms with Crippen molar-refractivity contribution in [1.29, 1.82) is 0 Å². The molecule has 2 aromatic carbocycles. The number of rotatable bonds is 10. The summed E-state index contributed by atoms with van der Waals surface area (Å²) in [5.74, 6) is -11.0. The van der Waals surface area contributed by atoms with Gasteiger partial charge in [-0.2, -0.15) is 17.6 Å². The first-order chi connectivity index (χ1) is 16.4. The molecule has 15 heteroatoms. The normalized spacial score (nSPS) is 9.87. The smallest absolute Gasteiger partial charge is 0.378 e. The Morgan fingerprint density at radius 1 is 0.872 bits per heavy atom. The van der Waals surface area contributed by atoms with Gasteiger partial charge in [0.15, 0.2) is 0 Å². The average Bonchev–Trinajstić information content (AvgIpc) is 2.81. The Balaban J connectivity index is -0.000000221. The molecule has 2 rings (SSSR count). The quantitative estimate of drug-likeness (QED) is 0.196. The fraction of sp³-hybridized carbons (Fsp3) is 0.417. The predicted octanol–water partition coefficient (Wildman–Crippen LogP) is 2.32. The maximum absolute atomic E-state index is 14.1. The van der Waals surface area contributed by atoms with Crippen molar-refractivity contribution in [2.75, 3.05) is 26.3 Å². The minimum atomic E-state index is -3.76. The molecule has 0 aliphatic heterocycles. The molecule has 0 aliphatic rings. The topological polar surface area (TPSA) is 176 Å². The second-order valence-corrected chi connectivity index (χ2v) is 7.07. The van der Waals surface area contributed by atoms with Crippen LogP contribution in [-0.4, -0.2) is 76.2 Å². The molecule has 0 saturated heterocycles. The zero-order valence-electron chi connectivity index (χ0n) is 21.4. The first kappa shape index (κ1) is 46.7. The first-order valence-electron chi connectivity index (χ1n) is 10.7. The van der Waals surface area contributed by atoms with E-state index in [0.717, 1.165) is 11.1 Å². The van der Waals surface area contributed by atoms with Crippen LogP contribution in [0.2, 0.25) is 0 Å². The number of carbonyl (C=O) groups excluding carboxylic acids is 1. The zero-order chi connectivity index (χ0) is 26.9. The molecule has 0 aliphatic carbocycles. The summed E-state index contributed by atoms with van der Waals surface area (Å²) in [4.78, 5) is 22.5. The molecule has 9 nitrogen and oxygen atoms in total. The number of ether oxygens (including phenoxy) is 1. The number of carbonyl (C=O) groups is 2. The SMILES string of the molecule is CCO.CCOC(=O)C(F)(F)CN(Cc1ccccc1)Cc1ccccc1.Cl.NCC(F)(F)C(=O)O.O.O.[Pd]. The maximum Gasteiger partial charge on any atom is 0.378 e. The Morgan fingerprint density at radius 2 is 1.23 bits per heavy atom. The number of carboxylic acid groups (broad SMARTS) is 1. The number of carboxylic acids is 1. The van der Waals surface area contributed by atoms with E-state index in [9.17, 15) is 27.2 Å². The standard InChI is InChI=1S/C19H21F2NO2.C3H5F2NO2.C2H6O.ClH.2H2O.Pd/c1-2-24-18(23)19(20,21)15-22(13-16-9-5-3-6-10-16)14-17-11-7-4-8-12-17;4-3(5,1-6)2(7)8;1-2-3;;;;/h3-12H,2,13-15H2,1H3;1,6H2,(H,7,8);3H,2H2,1H3;1H;2*1H2;. The largest absolute Gasteiger partial charge is 0.477 e. The molecular weight excluding hydrogens is 646 g/mol. The summed E-state index contributed by atoms with van der Waals surface area (Å²) < 4.78 is 55.9. The van der Waals surface area contributed by atoms with E-state index in [1.807, 2.05) is 60.7 Å². The third-order valence-electron chi connectivity index (χ3n) is 4.06. The Morgan fingerprint density at radius 3 is 1.49 bits per heavy atom. The van der Waals surface area contributed by atoms with E-state index in [4.69, 9.17) is 10.2 Å². The van der Waals surface area contributed by atoms with Crippen LogP contribution in [0.25, 0.3) is 0 Å². The summed E-state index contributed by atoms with van der Waals surface area (Å²) in [5.41, 5.74) is 6.20. The Bertz CT molecular complexity index is 833. The van der Waals surface area contributed by atoms with Gasteiger partial charge in [-0.3, -0.25) is 4.90 Å². The van der Waals surface area contributed by atoms with E-state index < -0.39 is 36.9 Å². The van der Waals surface area contributed by atoms with Gasteiger partial charge in [-0.1, -0.05) is 60.7 Å². The molecule has 8 N–H and O–H groups in total. The predicted molar refractivity (Wildman–Crippen MR) is 137 cm³/mol. The number of esters is 1. The van der Waals surface area contributed by atoms with Crippen LogP contribution in [-0.2, 0) is 47.8 Å². The molecular formula is C24H37ClF4N2O7Pd. The van der Waals surface area contributed by atoms with Gasteiger partial charge in [0, 0.05) is 40.1 Å². The number of alkyl halides is 4. The number of nitrogens with two attached hydrogens (primary N) is 1. The van der Waals surface area contributed by atoms with Crippen LogP contribution in [0.5, 0.6) is 0 Å². The molecule has 0 amide bonds. The van der Waals surface area contributed by atoms with Crippen molar-refractivity contribution in [2.24, 2.45) is 5.73 Å². The Kier molecular flexibility index (Phi) is 29.8. The summed E-state index contributed by atoms with van der Waals surface area (Å²) in [5, 5.41) is 15.2. The van der Waals surface area contributed by atoms with E-state index in [1.54, 1.807) is 11.8 Å². The molecule has 39 heavy (non-hydrogen) atoms. The third-order valence-corrected chi connectivity index (χ3v) is 4.06. The van der Waals surface area contributed by atoms with Crippen LogP contribution in [0.3, 0.4) is 0 Å². The molecule has 230 valence electrons. The molecule has 0 heterocycles. The minimum absolute atomic E-state index is 0. The summed E-state index contributed by atoms with van der Waals surface area (Å²) in [6, 6.07) is 18.7. The molecule has 0 atom stereocenters.